The Kier molecular flexibility index (Phi) is 5.80. The molecule has 30 heavy (non-hydrogen) atoms. The highest BCUT2D eigenvalue weighted by Crippen LogP contribution is 2.29. The van der Waals surface area contributed by atoms with Crippen molar-refractivity contribution >= 4 is 23.2 Å². The van der Waals surface area contributed by atoms with E-state index >= 15 is 0 Å². The van der Waals surface area contributed by atoms with Crippen molar-refractivity contribution < 1.29 is 14.3 Å². The largest absolute Gasteiger partial charge is 0.497 e. The minimum atomic E-state index is -0.395. The average Bonchev–Trinajstić information content (AvgIpc) is 3.18. The SMILES string of the molecule is COc1cccc(N2C[C@@H](C(=O)Nc3ccccc3Cc3ccccc3)CC2=O)c1. The number of benzene rings is 3. The van der Waals surface area contributed by atoms with E-state index in [0.29, 0.717) is 12.3 Å². The number of rotatable bonds is 6. The van der Waals surface area contributed by atoms with Crippen LogP contribution in [-0.2, 0) is 16.0 Å². The third kappa shape index (κ3) is 4.35. The average molecular weight is 400 g/mol. The summed E-state index contributed by atoms with van der Waals surface area (Å²) in [5, 5.41) is 3.05. The summed E-state index contributed by atoms with van der Waals surface area (Å²) in [5.41, 5.74) is 3.77. The van der Waals surface area contributed by atoms with E-state index in [1.54, 1.807) is 12.0 Å². The van der Waals surface area contributed by atoms with E-state index in [1.165, 1.54) is 5.56 Å². The van der Waals surface area contributed by atoms with Gasteiger partial charge in [0.1, 0.15) is 5.75 Å². The van der Waals surface area contributed by atoms with Crippen LogP contribution in [0.1, 0.15) is 17.5 Å². The van der Waals surface area contributed by atoms with Gasteiger partial charge in [0.05, 0.1) is 13.0 Å². The van der Waals surface area contributed by atoms with Crippen molar-refractivity contribution in [3.63, 3.8) is 0 Å². The zero-order valence-corrected chi connectivity index (χ0v) is 16.9. The Balaban J connectivity index is 1.47. The van der Waals surface area contributed by atoms with Crippen molar-refractivity contribution in [2.24, 2.45) is 5.92 Å². The lowest BCUT2D eigenvalue weighted by Crippen LogP contribution is -2.28. The Morgan fingerprint density at radius 1 is 1.03 bits per heavy atom. The van der Waals surface area contributed by atoms with Crippen molar-refractivity contribution in [3.8, 4) is 5.75 Å². The quantitative estimate of drug-likeness (QED) is 0.672. The lowest BCUT2D eigenvalue weighted by molar-refractivity contribution is -0.122. The van der Waals surface area contributed by atoms with Gasteiger partial charge in [-0.15, -0.1) is 0 Å². The Morgan fingerprint density at radius 3 is 2.60 bits per heavy atom. The predicted molar refractivity (Wildman–Crippen MR) is 118 cm³/mol. The molecule has 0 spiro atoms. The van der Waals surface area contributed by atoms with Gasteiger partial charge in [-0.05, 0) is 35.7 Å². The Labute approximate surface area is 176 Å². The molecule has 2 amide bonds. The molecule has 1 aliphatic rings. The summed E-state index contributed by atoms with van der Waals surface area (Å²) >= 11 is 0. The number of carbonyl (C=O) groups excluding carboxylic acids is 2. The highest BCUT2D eigenvalue weighted by atomic mass is 16.5. The predicted octanol–water partition coefficient (Wildman–Crippen LogP) is 4.28. The molecule has 1 saturated heterocycles. The van der Waals surface area contributed by atoms with Gasteiger partial charge in [0.2, 0.25) is 11.8 Å². The second-order valence-electron chi connectivity index (χ2n) is 7.42. The molecular weight excluding hydrogens is 376 g/mol. The van der Waals surface area contributed by atoms with Crippen molar-refractivity contribution in [2.45, 2.75) is 12.8 Å². The molecule has 5 heteroatoms. The third-order valence-corrected chi connectivity index (χ3v) is 5.37. The van der Waals surface area contributed by atoms with Crippen LogP contribution < -0.4 is 15.0 Å². The molecule has 0 saturated carbocycles. The number of methoxy groups -OCH3 is 1. The number of para-hydroxylation sites is 1. The molecule has 1 fully saturated rings. The summed E-state index contributed by atoms with van der Waals surface area (Å²) in [6, 6.07) is 25.3. The maximum atomic E-state index is 13.0. The molecular formula is C25H24N2O3. The van der Waals surface area contributed by atoms with Crippen LogP contribution in [-0.4, -0.2) is 25.5 Å². The van der Waals surface area contributed by atoms with Crippen LogP contribution >= 0.6 is 0 Å². The van der Waals surface area contributed by atoms with Crippen molar-refractivity contribution in [1.29, 1.82) is 0 Å². The van der Waals surface area contributed by atoms with Gasteiger partial charge < -0.3 is 15.0 Å². The number of nitrogens with zero attached hydrogens (tertiary/aromatic N) is 1. The van der Waals surface area contributed by atoms with Gasteiger partial charge in [0.25, 0.3) is 0 Å². The fourth-order valence-corrected chi connectivity index (χ4v) is 3.76. The third-order valence-electron chi connectivity index (χ3n) is 5.37. The Morgan fingerprint density at radius 2 is 1.80 bits per heavy atom. The van der Waals surface area contributed by atoms with Gasteiger partial charge in [0, 0.05) is 30.4 Å². The maximum Gasteiger partial charge on any atom is 0.229 e. The first-order chi connectivity index (χ1) is 14.6. The number of carbonyl (C=O) groups is 2. The summed E-state index contributed by atoms with van der Waals surface area (Å²) < 4.78 is 5.25. The summed E-state index contributed by atoms with van der Waals surface area (Å²) in [5.74, 6) is 0.103. The Hall–Kier alpha value is -3.60. The van der Waals surface area contributed by atoms with E-state index in [9.17, 15) is 9.59 Å². The van der Waals surface area contributed by atoms with E-state index in [4.69, 9.17) is 4.74 Å². The standard InChI is InChI=1S/C25H24N2O3/c1-30-22-12-7-11-21(16-22)27-17-20(15-24(27)28)25(29)26-23-13-6-5-10-19(23)14-18-8-3-2-4-9-18/h2-13,16,20H,14-15,17H2,1H3,(H,26,29)/t20-/m0/s1. The first kappa shape index (κ1) is 19.7. The normalized spacial score (nSPS) is 15.8. The molecule has 1 aliphatic heterocycles. The topological polar surface area (TPSA) is 58.6 Å². The van der Waals surface area contributed by atoms with E-state index in [2.05, 4.69) is 17.4 Å². The fraction of sp³-hybridized carbons (Fsp3) is 0.200. The molecule has 152 valence electrons. The van der Waals surface area contributed by atoms with Gasteiger partial charge >= 0.3 is 0 Å². The van der Waals surface area contributed by atoms with Crippen LogP contribution in [0, 0.1) is 5.92 Å². The molecule has 1 heterocycles. The summed E-state index contributed by atoms with van der Waals surface area (Å²) in [6.07, 6.45) is 0.931. The molecule has 5 nitrogen and oxygen atoms in total. The lowest BCUT2D eigenvalue weighted by Gasteiger charge is -2.18. The number of hydrogen-bond donors (Lipinski definition) is 1. The van der Waals surface area contributed by atoms with E-state index < -0.39 is 5.92 Å². The van der Waals surface area contributed by atoms with Gasteiger partial charge in [-0.25, -0.2) is 0 Å². The second kappa shape index (κ2) is 8.82. The van der Waals surface area contributed by atoms with Crippen molar-refractivity contribution in [1.82, 2.24) is 0 Å². The molecule has 3 aromatic carbocycles. The van der Waals surface area contributed by atoms with Gasteiger partial charge in [-0.2, -0.15) is 0 Å². The lowest BCUT2D eigenvalue weighted by atomic mass is 10.0. The zero-order valence-electron chi connectivity index (χ0n) is 16.9. The minimum absolute atomic E-state index is 0.0547. The molecule has 3 aromatic rings. The van der Waals surface area contributed by atoms with Crippen LogP contribution in [0.4, 0.5) is 11.4 Å². The summed E-state index contributed by atoms with van der Waals surface area (Å²) in [6.45, 7) is 0.360. The number of nitrogens with one attached hydrogen (secondary N) is 1. The molecule has 0 aromatic heterocycles. The molecule has 0 aliphatic carbocycles. The van der Waals surface area contributed by atoms with Gasteiger partial charge in [-0.3, -0.25) is 9.59 Å². The second-order valence-corrected chi connectivity index (χ2v) is 7.42. The summed E-state index contributed by atoms with van der Waals surface area (Å²) in [7, 11) is 1.59. The van der Waals surface area contributed by atoms with Crippen LogP contribution in [0.5, 0.6) is 5.75 Å². The molecule has 0 unspecified atom stereocenters. The molecule has 0 bridgehead atoms. The highest BCUT2D eigenvalue weighted by Gasteiger charge is 2.35. The number of ether oxygens (including phenoxy) is 1. The zero-order chi connectivity index (χ0) is 20.9. The smallest absolute Gasteiger partial charge is 0.229 e. The van der Waals surface area contributed by atoms with Gasteiger partial charge in [-0.1, -0.05) is 54.6 Å². The van der Waals surface area contributed by atoms with Crippen LogP contribution in [0.15, 0.2) is 78.9 Å². The van der Waals surface area contributed by atoms with E-state index in [0.717, 1.165) is 23.4 Å². The minimum Gasteiger partial charge on any atom is -0.497 e. The molecule has 0 radical (unpaired) electrons. The number of hydrogen-bond acceptors (Lipinski definition) is 3. The summed E-state index contributed by atoms with van der Waals surface area (Å²) in [4.78, 5) is 27.2. The van der Waals surface area contributed by atoms with Gasteiger partial charge in [0.15, 0.2) is 0 Å². The number of amides is 2. The van der Waals surface area contributed by atoms with Crippen molar-refractivity contribution in [3.05, 3.63) is 90.0 Å². The monoisotopic (exact) mass is 400 g/mol. The fourth-order valence-electron chi connectivity index (χ4n) is 3.76. The Bertz CT molecular complexity index is 1050. The molecule has 1 N–H and O–H groups in total. The van der Waals surface area contributed by atoms with E-state index in [-0.39, 0.29) is 18.2 Å². The van der Waals surface area contributed by atoms with Crippen LogP contribution in [0.3, 0.4) is 0 Å². The maximum absolute atomic E-state index is 13.0. The molecule has 4 rings (SSSR count). The van der Waals surface area contributed by atoms with Crippen LogP contribution in [0.2, 0.25) is 0 Å². The first-order valence-electron chi connectivity index (χ1n) is 10.0. The number of anilines is 2. The highest BCUT2D eigenvalue weighted by molar-refractivity contribution is 6.03. The first-order valence-corrected chi connectivity index (χ1v) is 10.0. The van der Waals surface area contributed by atoms with Crippen LogP contribution in [0.25, 0.3) is 0 Å². The molecule has 1 atom stereocenters. The van der Waals surface area contributed by atoms with Crippen molar-refractivity contribution in [2.75, 3.05) is 23.9 Å². The van der Waals surface area contributed by atoms with E-state index in [1.807, 2.05) is 66.7 Å².